The smallest absolute Gasteiger partial charge is 0.308 e. The maximum absolute atomic E-state index is 10.8. The van der Waals surface area contributed by atoms with Gasteiger partial charge in [0.15, 0.2) is 0 Å². The molecule has 0 aliphatic heterocycles. The molecule has 0 aliphatic rings. The first-order valence-corrected chi connectivity index (χ1v) is 5.93. The number of rotatable bonds is 9. The molecule has 0 aliphatic carbocycles. The number of aliphatic carboxylic acids is 1. The van der Waals surface area contributed by atoms with Crippen LogP contribution in [-0.2, 0) is 23.8 Å². The summed E-state index contributed by atoms with van der Waals surface area (Å²) in [6, 6.07) is 0. The van der Waals surface area contributed by atoms with Crippen LogP contribution >= 0.6 is 0 Å². The molecular formula is C12H24O6. The van der Waals surface area contributed by atoms with E-state index in [-0.39, 0.29) is 12.4 Å². The Balaban J connectivity index is 0. The van der Waals surface area contributed by atoms with Gasteiger partial charge in [-0.3, -0.25) is 9.59 Å². The van der Waals surface area contributed by atoms with Gasteiger partial charge < -0.3 is 19.3 Å². The Morgan fingerprint density at radius 1 is 1.00 bits per heavy atom. The zero-order valence-corrected chi connectivity index (χ0v) is 11.4. The van der Waals surface area contributed by atoms with Gasteiger partial charge >= 0.3 is 11.9 Å². The number of carbonyl (C=O) groups is 2. The first-order chi connectivity index (χ1) is 8.58. The predicted octanol–water partition coefficient (Wildman–Crippen LogP) is 1.47. The monoisotopic (exact) mass is 264 g/mol. The molecule has 0 radical (unpaired) electrons. The molecule has 0 saturated carbocycles. The van der Waals surface area contributed by atoms with Gasteiger partial charge in [0.2, 0.25) is 0 Å². The molecule has 0 fully saturated rings. The van der Waals surface area contributed by atoms with Crippen LogP contribution in [0.1, 0.15) is 32.6 Å². The highest BCUT2D eigenvalue weighted by Gasteiger charge is 1.99. The summed E-state index contributed by atoms with van der Waals surface area (Å²) in [4.78, 5) is 20.5. The molecule has 0 aromatic heterocycles. The summed E-state index contributed by atoms with van der Waals surface area (Å²) in [6.45, 7) is 3.35. The molecule has 0 aromatic rings. The van der Waals surface area contributed by atoms with Gasteiger partial charge in [0.25, 0.3) is 0 Å². The zero-order chi connectivity index (χ0) is 14.2. The second-order valence-electron chi connectivity index (χ2n) is 3.45. The third kappa shape index (κ3) is 20.3. The second-order valence-corrected chi connectivity index (χ2v) is 3.45. The number of carboxylic acid groups (broad SMARTS) is 1. The van der Waals surface area contributed by atoms with Crippen LogP contribution in [0.25, 0.3) is 0 Å². The predicted molar refractivity (Wildman–Crippen MR) is 66.5 cm³/mol. The molecule has 108 valence electrons. The molecule has 0 bridgehead atoms. The van der Waals surface area contributed by atoms with Gasteiger partial charge in [0.1, 0.15) is 0 Å². The summed E-state index contributed by atoms with van der Waals surface area (Å²) in [6.07, 6.45) is 2.45. The van der Waals surface area contributed by atoms with Crippen molar-refractivity contribution in [2.75, 3.05) is 34.0 Å². The van der Waals surface area contributed by atoms with E-state index < -0.39 is 5.97 Å². The molecular weight excluding hydrogens is 240 g/mol. The summed E-state index contributed by atoms with van der Waals surface area (Å²) in [7, 11) is 3.04. The van der Waals surface area contributed by atoms with Gasteiger partial charge in [-0.05, 0) is 6.42 Å². The van der Waals surface area contributed by atoms with Crippen molar-refractivity contribution >= 4 is 11.9 Å². The van der Waals surface area contributed by atoms with Gasteiger partial charge in [-0.15, -0.1) is 0 Å². The first kappa shape index (κ1) is 19.2. The van der Waals surface area contributed by atoms with Gasteiger partial charge in [-0.25, -0.2) is 0 Å². The zero-order valence-electron chi connectivity index (χ0n) is 11.4. The normalized spacial score (nSPS) is 9.28. The van der Waals surface area contributed by atoms with E-state index in [0.29, 0.717) is 26.2 Å². The Labute approximate surface area is 108 Å². The summed E-state index contributed by atoms with van der Waals surface area (Å²) < 4.78 is 14.1. The third-order valence-corrected chi connectivity index (χ3v) is 1.79. The molecule has 0 atom stereocenters. The van der Waals surface area contributed by atoms with Crippen LogP contribution in [-0.4, -0.2) is 51.1 Å². The highest BCUT2D eigenvalue weighted by Crippen LogP contribution is 1.91. The Bertz CT molecular complexity index is 205. The number of methoxy groups -OCH3 is 2. The number of ether oxygens (including phenoxy) is 3. The molecule has 6 heteroatoms. The van der Waals surface area contributed by atoms with Crippen LogP contribution in [0, 0.1) is 0 Å². The van der Waals surface area contributed by atoms with E-state index in [4.69, 9.17) is 14.6 Å². The molecule has 1 N–H and O–H groups in total. The fraction of sp³-hybridized carbons (Fsp3) is 0.833. The Morgan fingerprint density at radius 3 is 1.94 bits per heavy atom. The minimum absolute atomic E-state index is 0.0938. The molecule has 0 rings (SSSR count). The van der Waals surface area contributed by atoms with E-state index in [0.717, 1.165) is 12.8 Å². The minimum Gasteiger partial charge on any atom is -0.481 e. The van der Waals surface area contributed by atoms with Crippen LogP contribution in [0.3, 0.4) is 0 Å². The Kier molecular flexibility index (Phi) is 16.9. The van der Waals surface area contributed by atoms with Gasteiger partial charge in [-0.2, -0.15) is 0 Å². The number of hydrogen-bond acceptors (Lipinski definition) is 5. The summed E-state index contributed by atoms with van der Waals surface area (Å²) in [5, 5.41) is 7.96. The maximum Gasteiger partial charge on any atom is 0.308 e. The van der Waals surface area contributed by atoms with E-state index in [1.54, 1.807) is 7.11 Å². The molecule has 0 spiro atoms. The van der Waals surface area contributed by atoms with Crippen LogP contribution in [0.4, 0.5) is 0 Å². The lowest BCUT2D eigenvalue weighted by Gasteiger charge is -2.02. The first-order valence-electron chi connectivity index (χ1n) is 5.93. The van der Waals surface area contributed by atoms with E-state index in [1.165, 1.54) is 7.11 Å². The quantitative estimate of drug-likeness (QED) is 0.501. The average Bonchev–Trinajstić information content (AvgIpc) is 2.35. The van der Waals surface area contributed by atoms with Crippen molar-refractivity contribution in [3.8, 4) is 0 Å². The van der Waals surface area contributed by atoms with Crippen LogP contribution < -0.4 is 0 Å². The molecule has 6 nitrogen and oxygen atoms in total. The van der Waals surface area contributed by atoms with Crippen molar-refractivity contribution in [2.24, 2.45) is 0 Å². The highest BCUT2D eigenvalue weighted by atomic mass is 16.5. The van der Waals surface area contributed by atoms with E-state index in [2.05, 4.69) is 11.7 Å². The summed E-state index contributed by atoms with van der Waals surface area (Å²) >= 11 is 0. The van der Waals surface area contributed by atoms with Crippen LogP contribution in [0.15, 0.2) is 0 Å². The number of carbonyl (C=O) groups excluding carboxylic acids is 1. The number of unbranched alkanes of at least 4 members (excludes halogenated alkanes) is 1. The van der Waals surface area contributed by atoms with E-state index in [1.807, 2.05) is 0 Å². The molecule has 0 heterocycles. The number of carboxylic acids is 1. The van der Waals surface area contributed by atoms with Gasteiger partial charge in [0, 0.05) is 14.2 Å². The molecule has 0 unspecified atom stereocenters. The topological polar surface area (TPSA) is 82.1 Å². The fourth-order valence-corrected chi connectivity index (χ4v) is 0.777. The maximum atomic E-state index is 10.8. The van der Waals surface area contributed by atoms with Crippen molar-refractivity contribution in [3.05, 3.63) is 0 Å². The largest absolute Gasteiger partial charge is 0.481 e. The average molecular weight is 264 g/mol. The lowest BCUT2D eigenvalue weighted by atomic mass is 10.4. The van der Waals surface area contributed by atoms with Crippen molar-refractivity contribution in [3.63, 3.8) is 0 Å². The lowest BCUT2D eigenvalue weighted by Crippen LogP contribution is -2.08. The van der Waals surface area contributed by atoms with E-state index >= 15 is 0 Å². The highest BCUT2D eigenvalue weighted by molar-refractivity contribution is 5.69. The molecule has 18 heavy (non-hydrogen) atoms. The second kappa shape index (κ2) is 15.9. The van der Waals surface area contributed by atoms with Gasteiger partial charge in [-0.1, -0.05) is 13.3 Å². The molecule has 0 amide bonds. The minimum atomic E-state index is -0.818. The van der Waals surface area contributed by atoms with E-state index in [9.17, 15) is 9.59 Å². The fourth-order valence-electron chi connectivity index (χ4n) is 0.777. The lowest BCUT2D eigenvalue weighted by molar-refractivity contribution is -0.144. The third-order valence-electron chi connectivity index (χ3n) is 1.79. The van der Waals surface area contributed by atoms with Crippen LogP contribution in [0.5, 0.6) is 0 Å². The van der Waals surface area contributed by atoms with Crippen LogP contribution in [0.2, 0.25) is 0 Å². The number of esters is 1. The van der Waals surface area contributed by atoms with Crippen molar-refractivity contribution < 1.29 is 28.9 Å². The summed E-state index contributed by atoms with van der Waals surface area (Å²) in [5.74, 6) is -0.984. The number of hydrogen-bond donors (Lipinski definition) is 1. The SMILES string of the molecule is CCCCOC(=O)CCOC.COCCC(=O)O. The Morgan fingerprint density at radius 2 is 1.56 bits per heavy atom. The standard InChI is InChI=1S/C8H16O3.C4H8O3/c1-3-4-6-11-8(9)5-7-10-2;1-7-3-2-4(5)6/h3-7H2,1-2H3;2-3H2,1H3,(H,5,6). The molecule has 0 aromatic carbocycles. The van der Waals surface area contributed by atoms with Gasteiger partial charge in [0.05, 0.1) is 32.7 Å². The van der Waals surface area contributed by atoms with Crippen molar-refractivity contribution in [2.45, 2.75) is 32.6 Å². The summed E-state index contributed by atoms with van der Waals surface area (Å²) in [5.41, 5.74) is 0. The Hall–Kier alpha value is -1.14. The molecule has 0 saturated heterocycles. The van der Waals surface area contributed by atoms with Crippen molar-refractivity contribution in [1.29, 1.82) is 0 Å². The van der Waals surface area contributed by atoms with Crippen molar-refractivity contribution in [1.82, 2.24) is 0 Å².